The zero-order valence-corrected chi connectivity index (χ0v) is 9.67. The van der Waals surface area contributed by atoms with Crippen LogP contribution in [0.2, 0.25) is 0 Å². The van der Waals surface area contributed by atoms with Crippen molar-refractivity contribution < 1.29 is 9.47 Å². The van der Waals surface area contributed by atoms with Crippen LogP contribution in [0.3, 0.4) is 0 Å². The number of nitrogens with one attached hydrogen (secondary N) is 1. The molecule has 0 atom stereocenters. The minimum atomic E-state index is 0.638. The molecule has 2 heterocycles. The fourth-order valence-corrected chi connectivity index (χ4v) is 2.41. The van der Waals surface area contributed by atoms with Crippen LogP contribution in [0, 0.1) is 0 Å². The van der Waals surface area contributed by atoms with E-state index in [4.69, 9.17) is 9.47 Å². The lowest BCUT2D eigenvalue weighted by Gasteiger charge is -2.26. The van der Waals surface area contributed by atoms with Crippen molar-refractivity contribution in [1.82, 2.24) is 0 Å². The lowest BCUT2D eigenvalue weighted by molar-refractivity contribution is 0.172. The fourth-order valence-electron chi connectivity index (χ4n) is 2.41. The number of hydrogen-bond donors (Lipinski definition) is 1. The van der Waals surface area contributed by atoms with Crippen LogP contribution in [0.15, 0.2) is 6.07 Å². The smallest absolute Gasteiger partial charge is 0.185 e. The number of rotatable bonds is 1. The van der Waals surface area contributed by atoms with E-state index in [-0.39, 0.29) is 0 Å². The Kier molecular flexibility index (Phi) is 2.09. The van der Waals surface area contributed by atoms with E-state index in [0.717, 1.165) is 30.2 Å². The summed E-state index contributed by atoms with van der Waals surface area (Å²) in [6.07, 6.45) is 1.06. The molecule has 2 aliphatic heterocycles. The molecule has 0 unspecified atom stereocenters. The molecule has 1 N–H and O–H groups in total. The molecule has 0 bridgehead atoms. The Labute approximate surface area is 95.1 Å². The topological polar surface area (TPSA) is 33.7 Å². The average molecular weight is 220 g/mol. The Balaban J connectivity index is 2.21. The zero-order valence-electron chi connectivity index (χ0n) is 9.67. The lowest BCUT2D eigenvalue weighted by Crippen LogP contribution is -2.20. The molecule has 0 aliphatic carbocycles. The highest BCUT2D eigenvalue weighted by Crippen LogP contribution is 2.46. The summed E-state index contributed by atoms with van der Waals surface area (Å²) in [7, 11) is 4.10. The van der Waals surface area contributed by atoms with E-state index in [1.807, 2.05) is 14.1 Å². The normalized spacial score (nSPS) is 16.6. The first-order chi connectivity index (χ1) is 7.77. The molecular weight excluding hydrogens is 204 g/mol. The van der Waals surface area contributed by atoms with Gasteiger partial charge in [-0.1, -0.05) is 0 Å². The first-order valence-electron chi connectivity index (χ1n) is 5.64. The molecule has 4 nitrogen and oxygen atoms in total. The standard InChI is InChI=1S/C12H16N2O2/c1-14(2)11-8-3-4-13-9(8)7-10-12(11)16-6-5-15-10/h7,13H,3-6H2,1-2H3. The monoisotopic (exact) mass is 220 g/mol. The van der Waals surface area contributed by atoms with Gasteiger partial charge in [-0.25, -0.2) is 0 Å². The van der Waals surface area contributed by atoms with Gasteiger partial charge in [0.2, 0.25) is 0 Å². The molecule has 0 saturated heterocycles. The molecule has 3 rings (SSSR count). The van der Waals surface area contributed by atoms with Gasteiger partial charge >= 0.3 is 0 Å². The van der Waals surface area contributed by atoms with Crippen molar-refractivity contribution in [2.45, 2.75) is 6.42 Å². The van der Waals surface area contributed by atoms with Crippen molar-refractivity contribution in [3.63, 3.8) is 0 Å². The van der Waals surface area contributed by atoms with Crippen molar-refractivity contribution in [3.05, 3.63) is 11.6 Å². The fraction of sp³-hybridized carbons (Fsp3) is 0.500. The Morgan fingerprint density at radius 3 is 2.88 bits per heavy atom. The van der Waals surface area contributed by atoms with E-state index in [2.05, 4.69) is 16.3 Å². The number of anilines is 2. The SMILES string of the molecule is CN(C)c1c2c(cc3c1OCCO3)NCC2. The molecule has 1 aromatic rings. The van der Waals surface area contributed by atoms with Crippen LogP contribution in [-0.4, -0.2) is 33.9 Å². The second-order valence-corrected chi connectivity index (χ2v) is 4.35. The number of hydrogen-bond acceptors (Lipinski definition) is 4. The number of fused-ring (bicyclic) bond motifs is 2. The summed E-state index contributed by atoms with van der Waals surface area (Å²) in [5, 5.41) is 3.38. The molecule has 0 saturated carbocycles. The molecule has 1 aromatic carbocycles. The number of ether oxygens (including phenoxy) is 2. The molecule has 4 heteroatoms. The first kappa shape index (κ1) is 9.63. The molecule has 0 fully saturated rings. The zero-order chi connectivity index (χ0) is 11.1. The number of benzene rings is 1. The Morgan fingerprint density at radius 2 is 2.06 bits per heavy atom. The van der Waals surface area contributed by atoms with Gasteiger partial charge in [0, 0.05) is 38.0 Å². The summed E-state index contributed by atoms with van der Waals surface area (Å²) < 4.78 is 11.4. The maximum Gasteiger partial charge on any atom is 0.185 e. The van der Waals surface area contributed by atoms with Gasteiger partial charge in [-0.15, -0.1) is 0 Å². The van der Waals surface area contributed by atoms with Crippen molar-refractivity contribution >= 4 is 11.4 Å². The van der Waals surface area contributed by atoms with Crippen LogP contribution >= 0.6 is 0 Å². The largest absolute Gasteiger partial charge is 0.486 e. The van der Waals surface area contributed by atoms with Crippen LogP contribution in [0.1, 0.15) is 5.56 Å². The Bertz CT molecular complexity index is 430. The van der Waals surface area contributed by atoms with Crippen LogP contribution < -0.4 is 19.7 Å². The minimum absolute atomic E-state index is 0.638. The predicted octanol–water partition coefficient (Wildman–Crippen LogP) is 1.49. The third-order valence-electron chi connectivity index (χ3n) is 3.05. The molecular formula is C12H16N2O2. The first-order valence-corrected chi connectivity index (χ1v) is 5.64. The highest BCUT2D eigenvalue weighted by atomic mass is 16.6. The van der Waals surface area contributed by atoms with Crippen LogP contribution in [-0.2, 0) is 6.42 Å². The highest BCUT2D eigenvalue weighted by Gasteiger charge is 2.26. The summed E-state index contributed by atoms with van der Waals surface area (Å²) in [5.41, 5.74) is 3.69. The van der Waals surface area contributed by atoms with E-state index in [9.17, 15) is 0 Å². The molecule has 2 aliphatic rings. The van der Waals surface area contributed by atoms with Gasteiger partial charge in [-0.3, -0.25) is 0 Å². The second-order valence-electron chi connectivity index (χ2n) is 4.35. The van der Waals surface area contributed by atoms with Crippen molar-refractivity contribution in [2.24, 2.45) is 0 Å². The maximum absolute atomic E-state index is 5.75. The minimum Gasteiger partial charge on any atom is -0.486 e. The van der Waals surface area contributed by atoms with Gasteiger partial charge < -0.3 is 19.7 Å². The Morgan fingerprint density at radius 1 is 1.25 bits per heavy atom. The van der Waals surface area contributed by atoms with Gasteiger partial charge in [0.05, 0.1) is 5.69 Å². The van der Waals surface area contributed by atoms with Gasteiger partial charge in [0.15, 0.2) is 11.5 Å². The van der Waals surface area contributed by atoms with Crippen molar-refractivity contribution in [2.75, 3.05) is 44.1 Å². The van der Waals surface area contributed by atoms with Gasteiger partial charge in [0.1, 0.15) is 13.2 Å². The summed E-state index contributed by atoms with van der Waals surface area (Å²) >= 11 is 0. The van der Waals surface area contributed by atoms with Crippen LogP contribution in [0.4, 0.5) is 11.4 Å². The highest BCUT2D eigenvalue weighted by molar-refractivity contribution is 5.79. The van der Waals surface area contributed by atoms with Gasteiger partial charge in [-0.2, -0.15) is 0 Å². The average Bonchev–Trinajstić information content (AvgIpc) is 2.72. The lowest BCUT2D eigenvalue weighted by atomic mass is 10.1. The molecule has 0 radical (unpaired) electrons. The van der Waals surface area contributed by atoms with E-state index < -0.39 is 0 Å². The van der Waals surface area contributed by atoms with Crippen LogP contribution in [0.5, 0.6) is 11.5 Å². The summed E-state index contributed by atoms with van der Waals surface area (Å²) in [5.74, 6) is 1.77. The molecule has 86 valence electrons. The molecule has 0 spiro atoms. The van der Waals surface area contributed by atoms with Crippen molar-refractivity contribution in [1.29, 1.82) is 0 Å². The predicted molar refractivity (Wildman–Crippen MR) is 64.0 cm³/mol. The summed E-state index contributed by atoms with van der Waals surface area (Å²) in [6.45, 7) is 2.28. The third kappa shape index (κ3) is 1.29. The van der Waals surface area contributed by atoms with E-state index in [1.165, 1.54) is 11.3 Å². The summed E-state index contributed by atoms with van der Waals surface area (Å²) in [6, 6.07) is 2.06. The van der Waals surface area contributed by atoms with Crippen molar-refractivity contribution in [3.8, 4) is 11.5 Å². The third-order valence-corrected chi connectivity index (χ3v) is 3.05. The van der Waals surface area contributed by atoms with Gasteiger partial charge in [0.25, 0.3) is 0 Å². The number of nitrogens with zero attached hydrogens (tertiary/aromatic N) is 1. The van der Waals surface area contributed by atoms with E-state index >= 15 is 0 Å². The molecule has 16 heavy (non-hydrogen) atoms. The Hall–Kier alpha value is -1.58. The molecule has 0 aromatic heterocycles. The second kappa shape index (κ2) is 3.47. The van der Waals surface area contributed by atoms with E-state index in [0.29, 0.717) is 13.2 Å². The van der Waals surface area contributed by atoms with E-state index in [1.54, 1.807) is 0 Å². The summed E-state index contributed by atoms with van der Waals surface area (Å²) in [4.78, 5) is 2.11. The van der Waals surface area contributed by atoms with Crippen LogP contribution in [0.25, 0.3) is 0 Å². The quantitative estimate of drug-likeness (QED) is 0.777. The maximum atomic E-state index is 5.75. The van der Waals surface area contributed by atoms with Gasteiger partial charge in [-0.05, 0) is 6.42 Å². The molecule has 0 amide bonds.